The Morgan fingerprint density at radius 2 is 2.05 bits per heavy atom. The summed E-state index contributed by atoms with van der Waals surface area (Å²) in [4.78, 5) is 12.1. The summed E-state index contributed by atoms with van der Waals surface area (Å²) in [6, 6.07) is 11.3. The molecular formula is C16H14FN3O2. The molecule has 0 saturated carbocycles. The first-order valence-electron chi connectivity index (χ1n) is 6.83. The first kappa shape index (κ1) is 14.1. The fourth-order valence-corrected chi connectivity index (χ4v) is 2.07. The Kier molecular flexibility index (Phi) is 4.00. The normalized spacial score (nSPS) is 10.6. The number of fused-ring (bicyclic) bond motifs is 1. The van der Waals surface area contributed by atoms with Crippen LogP contribution in [0.3, 0.4) is 0 Å². The number of hydrogen-bond acceptors (Lipinski definition) is 3. The average Bonchev–Trinajstić information content (AvgIpc) is 2.97. The molecule has 1 amide bonds. The lowest BCUT2D eigenvalue weighted by Crippen LogP contribution is -2.28. The third kappa shape index (κ3) is 3.06. The first-order valence-corrected chi connectivity index (χ1v) is 6.83. The lowest BCUT2D eigenvalue weighted by molar-refractivity contribution is 0.0948. The van der Waals surface area contributed by atoms with E-state index in [-0.39, 0.29) is 11.7 Å². The highest BCUT2D eigenvalue weighted by molar-refractivity contribution is 6.00. The molecule has 0 fully saturated rings. The van der Waals surface area contributed by atoms with E-state index in [1.807, 2.05) is 18.2 Å². The molecule has 0 aliphatic rings. The van der Waals surface area contributed by atoms with E-state index in [2.05, 4.69) is 10.4 Å². The van der Waals surface area contributed by atoms with Crippen LogP contribution in [0, 0.1) is 5.82 Å². The van der Waals surface area contributed by atoms with E-state index >= 15 is 0 Å². The molecule has 0 spiro atoms. The van der Waals surface area contributed by atoms with Crippen LogP contribution in [-0.2, 0) is 0 Å². The number of nitrogens with one attached hydrogen (secondary N) is 1. The van der Waals surface area contributed by atoms with Gasteiger partial charge in [-0.15, -0.1) is 0 Å². The second-order valence-electron chi connectivity index (χ2n) is 4.65. The van der Waals surface area contributed by atoms with Crippen LogP contribution in [-0.4, -0.2) is 28.7 Å². The highest BCUT2D eigenvalue weighted by atomic mass is 19.1. The largest absolute Gasteiger partial charge is 0.492 e. The number of aromatic nitrogens is 2. The number of halogens is 1. The molecule has 1 N–H and O–H groups in total. The number of amides is 1. The van der Waals surface area contributed by atoms with Crippen molar-refractivity contribution >= 4 is 11.4 Å². The number of benzene rings is 1. The van der Waals surface area contributed by atoms with Crippen molar-refractivity contribution in [3.05, 3.63) is 66.2 Å². The average molecular weight is 299 g/mol. The molecule has 3 rings (SSSR count). The number of rotatable bonds is 5. The van der Waals surface area contributed by atoms with Crippen LogP contribution in [0.25, 0.3) is 5.52 Å². The quantitative estimate of drug-likeness (QED) is 0.735. The Hall–Kier alpha value is -2.89. The standard InChI is InChI=1S/C16H14FN3O2/c17-12-4-6-13(7-5-12)22-10-8-18-16(21)14-11-19-20-9-2-1-3-15(14)20/h1-7,9,11H,8,10H2,(H,18,21). The zero-order valence-corrected chi connectivity index (χ0v) is 11.7. The van der Waals surface area contributed by atoms with Gasteiger partial charge in [-0.25, -0.2) is 8.91 Å². The monoisotopic (exact) mass is 299 g/mol. The summed E-state index contributed by atoms with van der Waals surface area (Å²) in [5.74, 6) is 0.0456. The Morgan fingerprint density at radius 1 is 1.23 bits per heavy atom. The van der Waals surface area contributed by atoms with Crippen molar-refractivity contribution in [2.24, 2.45) is 0 Å². The highest BCUT2D eigenvalue weighted by Crippen LogP contribution is 2.11. The van der Waals surface area contributed by atoms with Gasteiger partial charge in [0.15, 0.2) is 0 Å². The zero-order valence-electron chi connectivity index (χ0n) is 11.7. The minimum atomic E-state index is -0.311. The van der Waals surface area contributed by atoms with Crippen LogP contribution in [0.5, 0.6) is 5.75 Å². The van der Waals surface area contributed by atoms with Gasteiger partial charge in [-0.1, -0.05) is 6.07 Å². The van der Waals surface area contributed by atoms with Gasteiger partial charge >= 0.3 is 0 Å². The van der Waals surface area contributed by atoms with Crippen molar-refractivity contribution in [1.29, 1.82) is 0 Å². The fourth-order valence-electron chi connectivity index (χ4n) is 2.07. The van der Waals surface area contributed by atoms with Gasteiger partial charge in [0.05, 0.1) is 23.8 Å². The maximum atomic E-state index is 12.7. The number of nitrogens with zero attached hydrogens (tertiary/aromatic N) is 2. The first-order chi connectivity index (χ1) is 10.7. The molecule has 112 valence electrons. The highest BCUT2D eigenvalue weighted by Gasteiger charge is 2.11. The number of carbonyl (C=O) groups is 1. The minimum absolute atomic E-state index is 0.205. The second kappa shape index (κ2) is 6.26. The third-order valence-electron chi connectivity index (χ3n) is 3.14. The van der Waals surface area contributed by atoms with Crippen molar-refractivity contribution < 1.29 is 13.9 Å². The molecule has 0 atom stereocenters. The van der Waals surface area contributed by atoms with E-state index < -0.39 is 0 Å². The van der Waals surface area contributed by atoms with E-state index in [4.69, 9.17) is 4.74 Å². The number of ether oxygens (including phenoxy) is 1. The van der Waals surface area contributed by atoms with Gasteiger partial charge in [-0.05, 0) is 36.4 Å². The van der Waals surface area contributed by atoms with Gasteiger partial charge in [0.2, 0.25) is 0 Å². The van der Waals surface area contributed by atoms with Crippen LogP contribution in [0.15, 0.2) is 54.9 Å². The molecule has 0 aliphatic carbocycles. The zero-order chi connectivity index (χ0) is 15.4. The van der Waals surface area contributed by atoms with Gasteiger partial charge in [-0.3, -0.25) is 4.79 Å². The molecule has 6 heteroatoms. The van der Waals surface area contributed by atoms with Crippen molar-refractivity contribution in [2.75, 3.05) is 13.2 Å². The lowest BCUT2D eigenvalue weighted by atomic mass is 10.2. The van der Waals surface area contributed by atoms with Gasteiger partial charge in [0.1, 0.15) is 18.2 Å². The summed E-state index contributed by atoms with van der Waals surface area (Å²) in [6.45, 7) is 0.650. The predicted octanol–water partition coefficient (Wildman–Crippen LogP) is 2.28. The van der Waals surface area contributed by atoms with Crippen LogP contribution in [0.2, 0.25) is 0 Å². The van der Waals surface area contributed by atoms with Crippen molar-refractivity contribution in [3.8, 4) is 5.75 Å². The molecule has 0 saturated heterocycles. The van der Waals surface area contributed by atoms with Gasteiger partial charge in [-0.2, -0.15) is 5.10 Å². The smallest absolute Gasteiger partial charge is 0.255 e. The second-order valence-corrected chi connectivity index (χ2v) is 4.65. The van der Waals surface area contributed by atoms with E-state index in [1.165, 1.54) is 18.3 Å². The molecular weight excluding hydrogens is 285 g/mol. The summed E-state index contributed by atoms with van der Waals surface area (Å²) < 4.78 is 19.8. The van der Waals surface area contributed by atoms with Crippen LogP contribution in [0.1, 0.15) is 10.4 Å². The molecule has 0 bridgehead atoms. The Morgan fingerprint density at radius 3 is 2.86 bits per heavy atom. The number of carbonyl (C=O) groups excluding carboxylic acids is 1. The molecule has 22 heavy (non-hydrogen) atoms. The van der Waals surface area contributed by atoms with E-state index in [1.54, 1.807) is 22.8 Å². The Bertz CT molecular complexity index is 783. The van der Waals surface area contributed by atoms with Crippen molar-refractivity contribution in [3.63, 3.8) is 0 Å². The minimum Gasteiger partial charge on any atom is -0.492 e. The number of pyridine rings is 1. The molecule has 5 nitrogen and oxygen atoms in total. The summed E-state index contributed by atoms with van der Waals surface area (Å²) in [6.07, 6.45) is 3.31. The maximum Gasteiger partial charge on any atom is 0.255 e. The molecule has 0 radical (unpaired) electrons. The molecule has 3 aromatic rings. The SMILES string of the molecule is O=C(NCCOc1ccc(F)cc1)c1cnn2ccccc12. The van der Waals surface area contributed by atoms with Gasteiger partial charge < -0.3 is 10.1 Å². The summed E-state index contributed by atoms with van der Waals surface area (Å²) in [7, 11) is 0. The number of hydrogen-bond donors (Lipinski definition) is 1. The van der Waals surface area contributed by atoms with Crippen LogP contribution < -0.4 is 10.1 Å². The van der Waals surface area contributed by atoms with Gasteiger partial charge in [0.25, 0.3) is 5.91 Å². The molecule has 0 aliphatic heterocycles. The molecule has 2 aromatic heterocycles. The fraction of sp³-hybridized carbons (Fsp3) is 0.125. The van der Waals surface area contributed by atoms with Crippen molar-refractivity contribution in [2.45, 2.75) is 0 Å². The summed E-state index contributed by atoms with van der Waals surface area (Å²) in [5.41, 5.74) is 1.27. The Labute approximate surface area is 126 Å². The molecule has 0 unspecified atom stereocenters. The Balaban J connectivity index is 1.53. The maximum absolute atomic E-state index is 12.7. The topological polar surface area (TPSA) is 55.6 Å². The molecule has 2 heterocycles. The van der Waals surface area contributed by atoms with E-state index in [0.717, 1.165) is 5.52 Å². The summed E-state index contributed by atoms with van der Waals surface area (Å²) >= 11 is 0. The third-order valence-corrected chi connectivity index (χ3v) is 3.14. The summed E-state index contributed by atoms with van der Waals surface area (Å²) in [5, 5.41) is 6.88. The van der Waals surface area contributed by atoms with Crippen LogP contribution in [0.4, 0.5) is 4.39 Å². The van der Waals surface area contributed by atoms with Crippen molar-refractivity contribution in [1.82, 2.24) is 14.9 Å². The van der Waals surface area contributed by atoms with E-state index in [9.17, 15) is 9.18 Å². The molecule has 1 aromatic carbocycles. The van der Waals surface area contributed by atoms with Gasteiger partial charge in [0, 0.05) is 6.20 Å². The van der Waals surface area contributed by atoms with E-state index in [0.29, 0.717) is 24.5 Å². The lowest BCUT2D eigenvalue weighted by Gasteiger charge is -2.07. The predicted molar refractivity (Wildman–Crippen MR) is 79.4 cm³/mol. The van der Waals surface area contributed by atoms with Crippen LogP contribution >= 0.6 is 0 Å².